The zero-order valence-electron chi connectivity index (χ0n) is 10.5. The standard InChI is InChI=1S/C14H17ClO3/c1-7-5-11(15)8(2)13(14(7)18)10(6-12(16)17)9-3-4-9/h5,9-10,18H,3-4,6H2,1-2H3,(H,16,17). The average Bonchev–Trinajstić information content (AvgIpc) is 3.08. The second kappa shape index (κ2) is 4.81. The highest BCUT2D eigenvalue weighted by molar-refractivity contribution is 6.31. The minimum Gasteiger partial charge on any atom is -0.507 e. The summed E-state index contributed by atoms with van der Waals surface area (Å²) < 4.78 is 0. The Balaban J connectivity index is 2.49. The van der Waals surface area contributed by atoms with E-state index in [9.17, 15) is 9.90 Å². The quantitative estimate of drug-likeness (QED) is 0.877. The van der Waals surface area contributed by atoms with E-state index in [2.05, 4.69) is 0 Å². The summed E-state index contributed by atoms with van der Waals surface area (Å²) in [6.45, 7) is 3.63. The molecule has 0 radical (unpaired) electrons. The molecule has 0 amide bonds. The first-order valence-electron chi connectivity index (χ1n) is 6.12. The van der Waals surface area contributed by atoms with Crippen LogP contribution in [0.1, 0.15) is 41.9 Å². The predicted molar refractivity (Wildman–Crippen MR) is 70.3 cm³/mol. The van der Waals surface area contributed by atoms with Gasteiger partial charge < -0.3 is 10.2 Å². The first-order valence-corrected chi connectivity index (χ1v) is 6.50. The number of carbonyl (C=O) groups is 1. The Hall–Kier alpha value is -1.22. The molecule has 0 aliphatic heterocycles. The smallest absolute Gasteiger partial charge is 0.303 e. The zero-order valence-corrected chi connectivity index (χ0v) is 11.3. The van der Waals surface area contributed by atoms with Gasteiger partial charge in [-0.25, -0.2) is 0 Å². The number of hydrogen-bond acceptors (Lipinski definition) is 2. The van der Waals surface area contributed by atoms with Crippen LogP contribution in [0.15, 0.2) is 6.07 Å². The topological polar surface area (TPSA) is 57.5 Å². The van der Waals surface area contributed by atoms with Gasteiger partial charge in [0.25, 0.3) is 0 Å². The summed E-state index contributed by atoms with van der Waals surface area (Å²) in [6.07, 6.45) is 2.11. The van der Waals surface area contributed by atoms with Gasteiger partial charge in [0.15, 0.2) is 0 Å². The molecule has 1 unspecified atom stereocenters. The number of carboxylic acid groups (broad SMARTS) is 1. The van der Waals surface area contributed by atoms with Crippen LogP contribution in [0.25, 0.3) is 0 Å². The number of hydrogen-bond donors (Lipinski definition) is 2. The molecule has 1 saturated carbocycles. The maximum Gasteiger partial charge on any atom is 0.303 e. The molecule has 98 valence electrons. The molecule has 1 atom stereocenters. The molecule has 0 heterocycles. The van der Waals surface area contributed by atoms with Crippen LogP contribution in [0.5, 0.6) is 5.75 Å². The van der Waals surface area contributed by atoms with Gasteiger partial charge in [-0.1, -0.05) is 11.6 Å². The van der Waals surface area contributed by atoms with Gasteiger partial charge in [-0.3, -0.25) is 4.79 Å². The SMILES string of the molecule is Cc1cc(Cl)c(C)c(C(CC(=O)O)C2CC2)c1O. The number of aromatic hydroxyl groups is 1. The second-order valence-corrected chi connectivity index (χ2v) is 5.51. The van der Waals surface area contributed by atoms with E-state index in [4.69, 9.17) is 16.7 Å². The third kappa shape index (κ3) is 2.46. The van der Waals surface area contributed by atoms with E-state index < -0.39 is 5.97 Å². The molecule has 0 spiro atoms. The van der Waals surface area contributed by atoms with Crippen LogP contribution in [-0.2, 0) is 4.79 Å². The summed E-state index contributed by atoms with van der Waals surface area (Å²) in [7, 11) is 0. The molecule has 0 saturated heterocycles. The van der Waals surface area contributed by atoms with E-state index in [1.807, 2.05) is 6.92 Å². The molecule has 1 aliphatic rings. The monoisotopic (exact) mass is 268 g/mol. The van der Waals surface area contributed by atoms with E-state index in [1.54, 1.807) is 13.0 Å². The largest absolute Gasteiger partial charge is 0.507 e. The van der Waals surface area contributed by atoms with E-state index in [0.29, 0.717) is 16.5 Å². The summed E-state index contributed by atoms with van der Waals surface area (Å²) in [5.74, 6) is -0.387. The van der Waals surface area contributed by atoms with Crippen LogP contribution in [0, 0.1) is 19.8 Å². The van der Waals surface area contributed by atoms with Crippen molar-refractivity contribution in [1.82, 2.24) is 0 Å². The van der Waals surface area contributed by atoms with Crippen molar-refractivity contribution in [2.45, 2.75) is 39.0 Å². The Morgan fingerprint density at radius 3 is 2.61 bits per heavy atom. The first kappa shape index (κ1) is 13.2. The predicted octanol–water partition coefficient (Wildman–Crippen LogP) is 3.63. The van der Waals surface area contributed by atoms with E-state index in [1.165, 1.54) is 0 Å². The van der Waals surface area contributed by atoms with Gasteiger partial charge in [-0.05, 0) is 49.8 Å². The lowest BCUT2D eigenvalue weighted by atomic mass is 9.86. The van der Waals surface area contributed by atoms with Gasteiger partial charge in [0.05, 0.1) is 6.42 Å². The Labute approximate surface area is 111 Å². The minimum absolute atomic E-state index is 0.0544. The van der Waals surface area contributed by atoms with E-state index >= 15 is 0 Å². The molecule has 1 fully saturated rings. The van der Waals surface area contributed by atoms with Crippen LogP contribution in [0.2, 0.25) is 5.02 Å². The summed E-state index contributed by atoms with van der Waals surface area (Å²) >= 11 is 6.14. The summed E-state index contributed by atoms with van der Waals surface area (Å²) in [6, 6.07) is 1.72. The number of benzene rings is 1. The van der Waals surface area contributed by atoms with E-state index in [-0.39, 0.29) is 18.1 Å². The molecular weight excluding hydrogens is 252 g/mol. The van der Waals surface area contributed by atoms with Crippen molar-refractivity contribution >= 4 is 17.6 Å². The molecule has 4 heteroatoms. The van der Waals surface area contributed by atoms with E-state index in [0.717, 1.165) is 24.0 Å². The van der Waals surface area contributed by atoms with Crippen molar-refractivity contribution < 1.29 is 15.0 Å². The average molecular weight is 269 g/mol. The molecule has 1 aromatic carbocycles. The van der Waals surface area contributed by atoms with Crippen molar-refractivity contribution in [3.8, 4) is 5.75 Å². The lowest BCUT2D eigenvalue weighted by Gasteiger charge is -2.20. The third-order valence-electron chi connectivity index (χ3n) is 3.69. The fourth-order valence-electron chi connectivity index (χ4n) is 2.53. The van der Waals surface area contributed by atoms with Crippen LogP contribution in [0.4, 0.5) is 0 Å². The molecule has 3 nitrogen and oxygen atoms in total. The fraction of sp³-hybridized carbons (Fsp3) is 0.500. The van der Waals surface area contributed by atoms with Gasteiger partial charge in [0, 0.05) is 16.5 Å². The molecule has 1 aliphatic carbocycles. The zero-order chi connectivity index (χ0) is 13.4. The number of aliphatic carboxylic acids is 1. The van der Waals surface area contributed by atoms with Crippen molar-refractivity contribution in [3.63, 3.8) is 0 Å². The number of carboxylic acids is 1. The number of phenolic OH excluding ortho intramolecular Hbond substituents is 1. The van der Waals surface area contributed by atoms with Crippen LogP contribution in [-0.4, -0.2) is 16.2 Å². The lowest BCUT2D eigenvalue weighted by Crippen LogP contribution is -2.10. The molecule has 0 bridgehead atoms. The first-order chi connectivity index (χ1) is 8.41. The van der Waals surface area contributed by atoms with Gasteiger partial charge in [0.1, 0.15) is 5.75 Å². The molecule has 18 heavy (non-hydrogen) atoms. The number of aryl methyl sites for hydroxylation is 1. The second-order valence-electron chi connectivity index (χ2n) is 5.10. The van der Waals surface area contributed by atoms with Crippen molar-refractivity contribution in [2.75, 3.05) is 0 Å². The molecule has 2 rings (SSSR count). The van der Waals surface area contributed by atoms with Gasteiger partial charge in [0.2, 0.25) is 0 Å². The number of halogens is 1. The number of phenols is 1. The Kier molecular flexibility index (Phi) is 3.53. The summed E-state index contributed by atoms with van der Waals surface area (Å²) in [4.78, 5) is 11.0. The third-order valence-corrected chi connectivity index (χ3v) is 4.08. The van der Waals surface area contributed by atoms with Crippen molar-refractivity contribution in [1.29, 1.82) is 0 Å². The highest BCUT2D eigenvalue weighted by atomic mass is 35.5. The highest BCUT2D eigenvalue weighted by Crippen LogP contribution is 2.49. The van der Waals surface area contributed by atoms with Crippen molar-refractivity contribution in [2.24, 2.45) is 5.92 Å². The minimum atomic E-state index is -0.830. The fourth-order valence-corrected chi connectivity index (χ4v) is 2.80. The van der Waals surface area contributed by atoms with Crippen LogP contribution in [0.3, 0.4) is 0 Å². The lowest BCUT2D eigenvalue weighted by molar-refractivity contribution is -0.137. The van der Waals surface area contributed by atoms with Crippen LogP contribution < -0.4 is 0 Å². The molecule has 0 aromatic heterocycles. The molecule has 1 aromatic rings. The highest BCUT2D eigenvalue weighted by Gasteiger charge is 2.36. The van der Waals surface area contributed by atoms with Gasteiger partial charge >= 0.3 is 5.97 Å². The molecular formula is C14H17ClO3. The van der Waals surface area contributed by atoms with Gasteiger partial charge in [-0.15, -0.1) is 0 Å². The van der Waals surface area contributed by atoms with Gasteiger partial charge in [-0.2, -0.15) is 0 Å². The normalized spacial score (nSPS) is 16.6. The maximum atomic E-state index is 11.0. The molecule has 2 N–H and O–H groups in total. The maximum absolute atomic E-state index is 11.0. The van der Waals surface area contributed by atoms with Crippen LogP contribution >= 0.6 is 11.6 Å². The summed E-state index contributed by atoms with van der Waals surface area (Å²) in [5, 5.41) is 19.8. The Morgan fingerprint density at radius 1 is 1.50 bits per heavy atom. The van der Waals surface area contributed by atoms with Crippen molar-refractivity contribution in [3.05, 3.63) is 27.8 Å². The summed E-state index contributed by atoms with van der Waals surface area (Å²) in [5.41, 5.74) is 2.24. The Bertz CT molecular complexity index is 466. The number of rotatable bonds is 4. The Morgan fingerprint density at radius 2 is 2.11 bits per heavy atom.